The summed E-state index contributed by atoms with van der Waals surface area (Å²) in [5, 5.41) is 0. The van der Waals surface area contributed by atoms with Gasteiger partial charge < -0.3 is 4.90 Å². The van der Waals surface area contributed by atoms with Crippen molar-refractivity contribution in [2.75, 3.05) is 26.2 Å². The lowest BCUT2D eigenvalue weighted by Crippen LogP contribution is -2.39. The summed E-state index contributed by atoms with van der Waals surface area (Å²) in [6.45, 7) is 5.66. The van der Waals surface area contributed by atoms with E-state index in [-0.39, 0.29) is 0 Å². The third-order valence-electron chi connectivity index (χ3n) is 4.81. The van der Waals surface area contributed by atoms with E-state index in [1.54, 1.807) is 6.07 Å². The van der Waals surface area contributed by atoms with Crippen molar-refractivity contribution in [3.05, 3.63) is 52.9 Å². The molecule has 1 aromatic heterocycles. The Hall–Kier alpha value is -1.21. The van der Waals surface area contributed by atoms with E-state index >= 15 is 0 Å². The van der Waals surface area contributed by atoms with Crippen molar-refractivity contribution in [3.63, 3.8) is 0 Å². The number of aryl methyl sites for hydroxylation is 1. The standard InChI is InChI=1S/C19H26N2O2S2/c1-16-7-8-19(24-16)25(22,23)20-15-18-10-13-21(14-11-18)12-9-17-5-3-2-4-6-17/h2-8,18,20H,9-15H2,1H3. The first kappa shape index (κ1) is 18.6. The number of nitrogens with one attached hydrogen (secondary N) is 1. The summed E-state index contributed by atoms with van der Waals surface area (Å²) in [7, 11) is -3.34. The van der Waals surface area contributed by atoms with E-state index in [2.05, 4.69) is 33.9 Å². The Labute approximate surface area is 154 Å². The minimum Gasteiger partial charge on any atom is -0.303 e. The molecule has 4 nitrogen and oxygen atoms in total. The monoisotopic (exact) mass is 378 g/mol. The molecule has 3 rings (SSSR count). The van der Waals surface area contributed by atoms with E-state index in [1.165, 1.54) is 16.9 Å². The minimum absolute atomic E-state index is 0.422. The van der Waals surface area contributed by atoms with Gasteiger partial charge in [-0.25, -0.2) is 13.1 Å². The molecule has 6 heteroatoms. The van der Waals surface area contributed by atoms with E-state index < -0.39 is 10.0 Å². The lowest BCUT2D eigenvalue weighted by molar-refractivity contribution is 0.187. The second-order valence-electron chi connectivity index (χ2n) is 6.74. The van der Waals surface area contributed by atoms with Gasteiger partial charge in [-0.3, -0.25) is 0 Å². The molecule has 0 amide bonds. The zero-order valence-corrected chi connectivity index (χ0v) is 16.3. The Bertz CT molecular complexity index is 764. The number of nitrogens with zero attached hydrogens (tertiary/aromatic N) is 1. The first-order chi connectivity index (χ1) is 12.0. The first-order valence-corrected chi connectivity index (χ1v) is 11.2. The molecule has 1 N–H and O–H groups in total. The Kier molecular flexibility index (Phi) is 6.28. The van der Waals surface area contributed by atoms with Crippen LogP contribution in [0.4, 0.5) is 0 Å². The van der Waals surface area contributed by atoms with Crippen LogP contribution in [-0.4, -0.2) is 39.5 Å². The molecule has 1 fully saturated rings. The van der Waals surface area contributed by atoms with Crippen LogP contribution in [0.2, 0.25) is 0 Å². The summed E-state index contributed by atoms with van der Waals surface area (Å²) in [5.41, 5.74) is 1.38. The quantitative estimate of drug-likeness (QED) is 0.804. The Morgan fingerprint density at radius 1 is 1.12 bits per heavy atom. The van der Waals surface area contributed by atoms with E-state index in [0.29, 0.717) is 16.7 Å². The van der Waals surface area contributed by atoms with Crippen molar-refractivity contribution in [2.45, 2.75) is 30.4 Å². The molecular weight excluding hydrogens is 352 g/mol. The van der Waals surface area contributed by atoms with Crippen molar-refractivity contribution >= 4 is 21.4 Å². The fourth-order valence-corrected chi connectivity index (χ4v) is 5.65. The highest BCUT2D eigenvalue weighted by Gasteiger charge is 2.22. The minimum atomic E-state index is -3.34. The molecule has 2 heterocycles. The number of hydrogen-bond acceptors (Lipinski definition) is 4. The van der Waals surface area contributed by atoms with Gasteiger partial charge in [0.25, 0.3) is 0 Å². The lowest BCUT2D eigenvalue weighted by Gasteiger charge is -2.32. The summed E-state index contributed by atoms with van der Waals surface area (Å²) in [6, 6.07) is 14.1. The lowest BCUT2D eigenvalue weighted by atomic mass is 9.97. The number of piperidine rings is 1. The van der Waals surface area contributed by atoms with Crippen molar-refractivity contribution < 1.29 is 8.42 Å². The van der Waals surface area contributed by atoms with Crippen molar-refractivity contribution in [2.24, 2.45) is 5.92 Å². The summed E-state index contributed by atoms with van der Waals surface area (Å²) in [5.74, 6) is 0.434. The summed E-state index contributed by atoms with van der Waals surface area (Å²) < 4.78 is 27.8. The van der Waals surface area contributed by atoms with Crippen LogP contribution in [0.15, 0.2) is 46.7 Å². The Morgan fingerprint density at radius 3 is 2.48 bits per heavy atom. The largest absolute Gasteiger partial charge is 0.303 e. The topological polar surface area (TPSA) is 49.4 Å². The van der Waals surface area contributed by atoms with Crippen molar-refractivity contribution in [1.29, 1.82) is 0 Å². The van der Waals surface area contributed by atoms with Gasteiger partial charge in [0.2, 0.25) is 10.0 Å². The molecular formula is C19H26N2O2S2. The van der Waals surface area contributed by atoms with E-state index in [9.17, 15) is 8.42 Å². The van der Waals surface area contributed by atoms with Gasteiger partial charge in [0.1, 0.15) is 4.21 Å². The second-order valence-corrected chi connectivity index (χ2v) is 10.0. The normalized spacial score (nSPS) is 17.0. The number of hydrogen-bond donors (Lipinski definition) is 1. The van der Waals surface area contributed by atoms with Gasteiger partial charge >= 0.3 is 0 Å². The molecule has 0 aliphatic carbocycles. The van der Waals surface area contributed by atoms with Crippen LogP contribution in [0.25, 0.3) is 0 Å². The Balaban J connectivity index is 1.40. The fourth-order valence-electron chi connectivity index (χ4n) is 3.20. The number of rotatable bonds is 7. The molecule has 1 aliphatic heterocycles. The molecule has 136 valence electrons. The molecule has 2 aromatic rings. The third-order valence-corrected chi connectivity index (χ3v) is 7.73. The molecule has 0 atom stereocenters. The van der Waals surface area contributed by atoms with Crippen LogP contribution in [0.5, 0.6) is 0 Å². The summed E-state index contributed by atoms with van der Waals surface area (Å²) >= 11 is 1.33. The van der Waals surface area contributed by atoms with E-state index in [0.717, 1.165) is 43.8 Å². The van der Waals surface area contributed by atoms with Gasteiger partial charge in [0.05, 0.1) is 0 Å². The van der Waals surface area contributed by atoms with Crippen LogP contribution < -0.4 is 4.72 Å². The maximum Gasteiger partial charge on any atom is 0.250 e. The van der Waals surface area contributed by atoms with Crippen LogP contribution in [0.3, 0.4) is 0 Å². The third kappa shape index (κ3) is 5.38. The number of sulfonamides is 1. The predicted molar refractivity (Wildman–Crippen MR) is 104 cm³/mol. The Morgan fingerprint density at radius 2 is 1.84 bits per heavy atom. The van der Waals surface area contributed by atoms with Gasteiger partial charge in [-0.05, 0) is 62.9 Å². The van der Waals surface area contributed by atoms with Crippen molar-refractivity contribution in [3.8, 4) is 0 Å². The van der Waals surface area contributed by atoms with Gasteiger partial charge in [-0.1, -0.05) is 30.3 Å². The van der Waals surface area contributed by atoms with Crippen LogP contribution in [-0.2, 0) is 16.4 Å². The number of benzene rings is 1. The van der Waals surface area contributed by atoms with Crippen LogP contribution >= 0.6 is 11.3 Å². The van der Waals surface area contributed by atoms with E-state index in [4.69, 9.17) is 0 Å². The average Bonchev–Trinajstić information content (AvgIpc) is 3.07. The number of likely N-dealkylation sites (tertiary alicyclic amines) is 1. The molecule has 0 saturated carbocycles. The van der Waals surface area contributed by atoms with Crippen LogP contribution in [0.1, 0.15) is 23.3 Å². The van der Waals surface area contributed by atoms with E-state index in [1.807, 2.05) is 19.1 Å². The molecule has 1 aromatic carbocycles. The van der Waals surface area contributed by atoms with Gasteiger partial charge in [0.15, 0.2) is 0 Å². The SMILES string of the molecule is Cc1ccc(S(=O)(=O)NCC2CCN(CCc3ccccc3)CC2)s1. The van der Waals surface area contributed by atoms with Gasteiger partial charge in [-0.2, -0.15) is 0 Å². The fraction of sp³-hybridized carbons (Fsp3) is 0.474. The first-order valence-electron chi connectivity index (χ1n) is 8.85. The maximum absolute atomic E-state index is 12.3. The molecule has 0 unspecified atom stereocenters. The molecule has 0 radical (unpaired) electrons. The highest BCUT2D eigenvalue weighted by Crippen LogP contribution is 2.22. The highest BCUT2D eigenvalue weighted by molar-refractivity contribution is 7.91. The average molecular weight is 379 g/mol. The molecule has 1 saturated heterocycles. The number of thiophene rings is 1. The van der Waals surface area contributed by atoms with Gasteiger partial charge in [-0.15, -0.1) is 11.3 Å². The molecule has 0 bridgehead atoms. The smallest absolute Gasteiger partial charge is 0.250 e. The van der Waals surface area contributed by atoms with Gasteiger partial charge in [0, 0.05) is 18.0 Å². The summed E-state index contributed by atoms with van der Waals surface area (Å²) in [6.07, 6.45) is 3.19. The van der Waals surface area contributed by atoms with Crippen LogP contribution in [0, 0.1) is 12.8 Å². The zero-order valence-electron chi connectivity index (χ0n) is 14.6. The highest BCUT2D eigenvalue weighted by atomic mass is 32.2. The molecule has 1 aliphatic rings. The molecule has 25 heavy (non-hydrogen) atoms. The predicted octanol–water partition coefficient (Wildman–Crippen LogP) is 3.29. The zero-order chi connectivity index (χ0) is 17.7. The van der Waals surface area contributed by atoms with Crippen molar-refractivity contribution in [1.82, 2.24) is 9.62 Å². The summed E-state index contributed by atoms with van der Waals surface area (Å²) in [4.78, 5) is 3.51. The maximum atomic E-state index is 12.3. The second kappa shape index (κ2) is 8.45. The molecule has 0 spiro atoms.